The Bertz CT molecular complexity index is 1170. The summed E-state index contributed by atoms with van der Waals surface area (Å²) in [7, 11) is 0. The van der Waals surface area contributed by atoms with Gasteiger partial charge >= 0.3 is 6.09 Å². The van der Waals surface area contributed by atoms with E-state index in [0.717, 1.165) is 31.2 Å². The first-order valence-corrected chi connectivity index (χ1v) is 14.7. The molecular weight excluding hydrogens is 518 g/mol. The molecule has 0 bridgehead atoms. The van der Waals surface area contributed by atoms with Crippen molar-refractivity contribution >= 4 is 23.6 Å². The zero-order chi connectivity index (χ0) is 30.7. The van der Waals surface area contributed by atoms with E-state index in [1.807, 2.05) is 39.0 Å². The first-order valence-electron chi connectivity index (χ1n) is 14.7. The smallest absolute Gasteiger partial charge is 0.408 e. The Labute approximate surface area is 245 Å². The minimum Gasteiger partial charge on any atom is -0.507 e. The lowest BCUT2D eigenvalue weighted by atomic mass is 9.96. The Balaban J connectivity index is 2.58. The minimum absolute atomic E-state index is 0.0394. The van der Waals surface area contributed by atoms with Crippen molar-refractivity contribution < 1.29 is 24.2 Å². The van der Waals surface area contributed by atoms with E-state index in [0.29, 0.717) is 23.2 Å². The maximum Gasteiger partial charge on any atom is 0.408 e. The Morgan fingerprint density at radius 3 is 2.17 bits per heavy atom. The van der Waals surface area contributed by atoms with E-state index >= 15 is 0 Å². The number of ether oxygens (including phenoxy) is 1. The standard InChI is InChI=1S/C33H49N3O5/c1-9-10-11-12-15-21-36(31(39)27(22(2)3)35-32(40)41-33(6,7)8)28(25-19-16-18-24(5)29(25)37)30(38)34-26-20-14-13-17-23(26)4/h13-14,16-20,22,27-28,37H,9-12,15,21H2,1-8H3,(H,34,38)(H,35,40). The number of rotatable bonds is 13. The Hall–Kier alpha value is -3.55. The maximum atomic E-state index is 14.3. The molecule has 8 nitrogen and oxygen atoms in total. The summed E-state index contributed by atoms with van der Waals surface area (Å²) in [5.41, 5.74) is 1.68. The van der Waals surface area contributed by atoms with Gasteiger partial charge in [0.25, 0.3) is 5.91 Å². The summed E-state index contributed by atoms with van der Waals surface area (Å²) in [6, 6.07) is 10.5. The van der Waals surface area contributed by atoms with Crippen molar-refractivity contribution in [2.24, 2.45) is 5.92 Å². The number of benzene rings is 2. The molecule has 0 saturated heterocycles. The number of anilines is 1. The fraction of sp³-hybridized carbons (Fsp3) is 0.545. The van der Waals surface area contributed by atoms with Gasteiger partial charge in [0.1, 0.15) is 23.4 Å². The molecule has 2 unspecified atom stereocenters. The molecule has 0 saturated carbocycles. The van der Waals surface area contributed by atoms with Crippen molar-refractivity contribution in [2.45, 2.75) is 105 Å². The monoisotopic (exact) mass is 567 g/mol. The number of amides is 3. The normalized spacial score (nSPS) is 12.9. The van der Waals surface area contributed by atoms with Crippen LogP contribution in [0.3, 0.4) is 0 Å². The number of phenols is 1. The van der Waals surface area contributed by atoms with Crippen LogP contribution in [-0.2, 0) is 14.3 Å². The van der Waals surface area contributed by atoms with Gasteiger partial charge in [0.05, 0.1) is 0 Å². The lowest BCUT2D eigenvalue weighted by Crippen LogP contribution is -2.54. The number of hydrogen-bond donors (Lipinski definition) is 3. The van der Waals surface area contributed by atoms with Gasteiger partial charge < -0.3 is 25.4 Å². The van der Waals surface area contributed by atoms with Gasteiger partial charge in [-0.1, -0.05) is 82.9 Å². The third kappa shape index (κ3) is 10.1. The van der Waals surface area contributed by atoms with Gasteiger partial charge in [-0.3, -0.25) is 9.59 Å². The summed E-state index contributed by atoms with van der Waals surface area (Å²) in [5.74, 6) is -1.18. The Morgan fingerprint density at radius 1 is 0.927 bits per heavy atom. The van der Waals surface area contributed by atoms with Crippen LogP contribution in [0, 0.1) is 19.8 Å². The highest BCUT2D eigenvalue weighted by atomic mass is 16.6. The van der Waals surface area contributed by atoms with Gasteiger partial charge in [0.15, 0.2) is 0 Å². The van der Waals surface area contributed by atoms with E-state index < -0.39 is 35.6 Å². The quantitative estimate of drug-likeness (QED) is 0.225. The van der Waals surface area contributed by atoms with Crippen LogP contribution in [0.25, 0.3) is 0 Å². The molecule has 0 aliphatic carbocycles. The molecule has 0 aliphatic rings. The highest BCUT2D eigenvalue weighted by Crippen LogP contribution is 2.34. The van der Waals surface area contributed by atoms with Gasteiger partial charge in [0, 0.05) is 17.8 Å². The summed E-state index contributed by atoms with van der Waals surface area (Å²) in [5, 5.41) is 16.9. The number of aryl methyl sites for hydroxylation is 2. The number of hydrogen-bond acceptors (Lipinski definition) is 5. The van der Waals surface area contributed by atoms with Crippen LogP contribution in [0.2, 0.25) is 0 Å². The predicted molar refractivity (Wildman–Crippen MR) is 164 cm³/mol. The second-order valence-corrected chi connectivity index (χ2v) is 12.0. The lowest BCUT2D eigenvalue weighted by Gasteiger charge is -2.36. The van der Waals surface area contributed by atoms with E-state index in [9.17, 15) is 19.5 Å². The van der Waals surface area contributed by atoms with Gasteiger partial charge in [-0.15, -0.1) is 0 Å². The number of unbranched alkanes of at least 4 members (excludes halogenated alkanes) is 4. The molecule has 0 heterocycles. The summed E-state index contributed by atoms with van der Waals surface area (Å²) in [6.07, 6.45) is 4.03. The minimum atomic E-state index is -1.13. The van der Waals surface area contributed by atoms with E-state index in [1.54, 1.807) is 52.0 Å². The van der Waals surface area contributed by atoms with Crippen LogP contribution in [-0.4, -0.2) is 46.1 Å². The van der Waals surface area contributed by atoms with Gasteiger partial charge in [-0.2, -0.15) is 0 Å². The number of phenolic OH excluding ortho intramolecular Hbond substituents is 1. The number of nitrogens with zero attached hydrogens (tertiary/aromatic N) is 1. The van der Waals surface area contributed by atoms with E-state index in [4.69, 9.17) is 4.74 Å². The fourth-order valence-electron chi connectivity index (χ4n) is 4.65. The molecule has 3 amide bonds. The molecule has 0 aromatic heterocycles. The number of aromatic hydroxyl groups is 1. The van der Waals surface area contributed by atoms with Crippen molar-refractivity contribution in [1.82, 2.24) is 10.2 Å². The topological polar surface area (TPSA) is 108 Å². The van der Waals surface area contributed by atoms with Gasteiger partial charge in [-0.25, -0.2) is 4.79 Å². The number of carbonyl (C=O) groups excluding carboxylic acids is 3. The van der Waals surface area contributed by atoms with E-state index in [2.05, 4.69) is 17.6 Å². The van der Waals surface area contributed by atoms with Crippen LogP contribution >= 0.6 is 0 Å². The number of para-hydroxylation sites is 2. The SMILES string of the molecule is CCCCCCCN(C(=O)C(NC(=O)OC(C)(C)C)C(C)C)C(C(=O)Nc1ccccc1C)c1cccc(C)c1O. The van der Waals surface area contributed by atoms with Crippen molar-refractivity contribution in [3.63, 3.8) is 0 Å². The van der Waals surface area contributed by atoms with Crippen molar-refractivity contribution in [3.8, 4) is 5.75 Å². The number of carbonyl (C=O) groups is 3. The number of nitrogens with one attached hydrogen (secondary N) is 2. The molecule has 41 heavy (non-hydrogen) atoms. The summed E-state index contributed by atoms with van der Waals surface area (Å²) >= 11 is 0. The maximum absolute atomic E-state index is 14.3. The van der Waals surface area contributed by atoms with Gasteiger partial charge in [-0.05, 0) is 64.2 Å². The summed E-state index contributed by atoms with van der Waals surface area (Å²) in [4.78, 5) is 42.7. The first-order chi connectivity index (χ1) is 19.3. The fourth-order valence-corrected chi connectivity index (χ4v) is 4.65. The molecule has 2 aromatic rings. The second kappa shape index (κ2) is 15.5. The largest absolute Gasteiger partial charge is 0.507 e. The van der Waals surface area contributed by atoms with Crippen LogP contribution in [0.4, 0.5) is 10.5 Å². The molecule has 2 aromatic carbocycles. The summed E-state index contributed by atoms with van der Waals surface area (Å²) < 4.78 is 5.45. The Kier molecular flexibility index (Phi) is 12.7. The molecule has 3 N–H and O–H groups in total. The van der Waals surface area contributed by atoms with Crippen LogP contribution in [0.1, 0.15) is 96.4 Å². The molecule has 2 rings (SSSR count). The highest BCUT2D eigenvalue weighted by molar-refractivity contribution is 5.99. The van der Waals surface area contributed by atoms with Crippen LogP contribution in [0.15, 0.2) is 42.5 Å². The zero-order valence-corrected chi connectivity index (χ0v) is 26.0. The van der Waals surface area contributed by atoms with E-state index in [1.165, 1.54) is 4.90 Å². The average molecular weight is 568 g/mol. The predicted octanol–water partition coefficient (Wildman–Crippen LogP) is 7.04. The Morgan fingerprint density at radius 2 is 1.56 bits per heavy atom. The van der Waals surface area contributed by atoms with Crippen molar-refractivity contribution in [1.29, 1.82) is 0 Å². The molecule has 0 aliphatic heterocycles. The second-order valence-electron chi connectivity index (χ2n) is 12.0. The molecule has 0 radical (unpaired) electrons. The number of alkyl carbamates (subject to hydrolysis) is 1. The third-order valence-electron chi connectivity index (χ3n) is 6.92. The van der Waals surface area contributed by atoms with Crippen molar-refractivity contribution in [2.75, 3.05) is 11.9 Å². The summed E-state index contributed by atoms with van der Waals surface area (Å²) in [6.45, 7) is 15.0. The average Bonchev–Trinajstić information content (AvgIpc) is 2.88. The lowest BCUT2D eigenvalue weighted by molar-refractivity contribution is -0.141. The van der Waals surface area contributed by atoms with Crippen LogP contribution < -0.4 is 10.6 Å². The van der Waals surface area contributed by atoms with E-state index in [-0.39, 0.29) is 18.2 Å². The third-order valence-corrected chi connectivity index (χ3v) is 6.92. The highest BCUT2D eigenvalue weighted by Gasteiger charge is 2.38. The molecule has 226 valence electrons. The molecule has 0 fully saturated rings. The molecule has 8 heteroatoms. The van der Waals surface area contributed by atoms with Gasteiger partial charge in [0.2, 0.25) is 5.91 Å². The first kappa shape index (κ1) is 33.7. The van der Waals surface area contributed by atoms with Crippen molar-refractivity contribution in [3.05, 3.63) is 59.2 Å². The molecule has 0 spiro atoms. The van der Waals surface area contributed by atoms with Crippen LogP contribution in [0.5, 0.6) is 5.75 Å². The molecule has 2 atom stereocenters. The molecular formula is C33H49N3O5. The zero-order valence-electron chi connectivity index (χ0n) is 26.0.